The number of hydrogen-bond donors (Lipinski definition) is 1. The Morgan fingerprint density at radius 1 is 1.12 bits per heavy atom. The molecule has 0 saturated heterocycles. The summed E-state index contributed by atoms with van der Waals surface area (Å²) in [6, 6.07) is 6.01. The van der Waals surface area contributed by atoms with E-state index in [1.54, 1.807) is 0 Å². The first kappa shape index (κ1) is 11.5. The summed E-state index contributed by atoms with van der Waals surface area (Å²) in [5.41, 5.74) is 2.26. The number of nitrogens with one attached hydrogen (secondary N) is 1. The molecule has 0 aliphatic rings. The largest absolute Gasteiger partial charge is 0.370 e. The van der Waals surface area contributed by atoms with Crippen LogP contribution in [0.3, 0.4) is 0 Å². The van der Waals surface area contributed by atoms with Crippen LogP contribution in [0.5, 0.6) is 0 Å². The van der Waals surface area contributed by atoms with Gasteiger partial charge in [-0.15, -0.1) is 0 Å². The predicted molar refractivity (Wildman–Crippen MR) is 67.9 cm³/mol. The van der Waals surface area contributed by atoms with Crippen molar-refractivity contribution in [3.8, 4) is 0 Å². The summed E-state index contributed by atoms with van der Waals surface area (Å²) in [7, 11) is 0. The van der Waals surface area contributed by atoms with E-state index in [2.05, 4.69) is 20.3 Å². The molecule has 0 aliphatic carbocycles. The van der Waals surface area contributed by atoms with Crippen LogP contribution in [0.15, 0.2) is 30.6 Å². The number of nitrogens with zero attached hydrogens (tertiary/aromatic N) is 3. The van der Waals surface area contributed by atoms with Crippen molar-refractivity contribution in [3.05, 3.63) is 47.7 Å². The van der Waals surface area contributed by atoms with Gasteiger partial charge in [0.15, 0.2) is 0 Å². The molecule has 4 nitrogen and oxygen atoms in total. The lowest BCUT2D eigenvalue weighted by Crippen LogP contribution is -2.07. The smallest absolute Gasteiger partial charge is 0.129 e. The fraction of sp³-hybridized carbons (Fsp3) is 0.308. The van der Waals surface area contributed by atoms with Crippen LogP contribution in [0.25, 0.3) is 0 Å². The molecule has 0 spiro atoms. The topological polar surface area (TPSA) is 50.7 Å². The zero-order chi connectivity index (χ0) is 12.1. The van der Waals surface area contributed by atoms with E-state index in [-0.39, 0.29) is 0 Å². The maximum atomic E-state index is 4.33. The Morgan fingerprint density at radius 2 is 1.88 bits per heavy atom. The van der Waals surface area contributed by atoms with Crippen molar-refractivity contribution in [1.82, 2.24) is 15.0 Å². The minimum atomic E-state index is 0.802. The van der Waals surface area contributed by atoms with E-state index < -0.39 is 0 Å². The van der Waals surface area contributed by atoms with Crippen molar-refractivity contribution < 1.29 is 0 Å². The first-order valence-corrected chi connectivity index (χ1v) is 5.69. The van der Waals surface area contributed by atoms with Gasteiger partial charge in [0.1, 0.15) is 11.6 Å². The molecule has 0 unspecified atom stereocenters. The van der Waals surface area contributed by atoms with Gasteiger partial charge in [-0.1, -0.05) is 0 Å². The Kier molecular flexibility index (Phi) is 3.65. The van der Waals surface area contributed by atoms with E-state index in [4.69, 9.17) is 0 Å². The number of hydrogen-bond acceptors (Lipinski definition) is 4. The predicted octanol–water partition coefficient (Wildman–Crippen LogP) is 2.14. The van der Waals surface area contributed by atoms with Crippen LogP contribution in [0.2, 0.25) is 0 Å². The third-order valence-corrected chi connectivity index (χ3v) is 2.44. The molecule has 1 N–H and O–H groups in total. The number of anilines is 1. The quantitative estimate of drug-likeness (QED) is 0.871. The zero-order valence-corrected chi connectivity index (χ0v) is 10.1. The van der Waals surface area contributed by atoms with Gasteiger partial charge in [-0.05, 0) is 38.0 Å². The van der Waals surface area contributed by atoms with Crippen LogP contribution in [0.1, 0.15) is 17.1 Å². The van der Waals surface area contributed by atoms with Crippen molar-refractivity contribution in [2.45, 2.75) is 20.3 Å². The SMILES string of the molecule is Cc1cc(NCCc2ccncc2)nc(C)n1. The van der Waals surface area contributed by atoms with Gasteiger partial charge < -0.3 is 5.32 Å². The summed E-state index contributed by atoms with van der Waals surface area (Å²) in [5.74, 6) is 1.69. The second-order valence-corrected chi connectivity index (χ2v) is 3.97. The highest BCUT2D eigenvalue weighted by Gasteiger charge is 1.98. The highest BCUT2D eigenvalue weighted by atomic mass is 15.0. The van der Waals surface area contributed by atoms with Gasteiger partial charge in [0.2, 0.25) is 0 Å². The van der Waals surface area contributed by atoms with Gasteiger partial charge in [-0.3, -0.25) is 4.98 Å². The standard InChI is InChI=1S/C13H16N4/c1-10-9-13(17-11(2)16-10)15-8-5-12-3-6-14-7-4-12/h3-4,6-7,9H,5,8H2,1-2H3,(H,15,16,17). The highest BCUT2D eigenvalue weighted by molar-refractivity contribution is 5.35. The van der Waals surface area contributed by atoms with Gasteiger partial charge in [0, 0.05) is 30.7 Å². The molecule has 2 heterocycles. The van der Waals surface area contributed by atoms with Gasteiger partial charge in [-0.2, -0.15) is 0 Å². The Bertz CT molecular complexity index is 462. The van der Waals surface area contributed by atoms with Crippen LogP contribution in [-0.2, 0) is 6.42 Å². The molecule has 2 rings (SSSR count). The van der Waals surface area contributed by atoms with Crippen LogP contribution in [0.4, 0.5) is 5.82 Å². The molecule has 88 valence electrons. The second kappa shape index (κ2) is 5.39. The van der Waals surface area contributed by atoms with Crippen LogP contribution in [0, 0.1) is 13.8 Å². The monoisotopic (exact) mass is 228 g/mol. The minimum Gasteiger partial charge on any atom is -0.370 e. The lowest BCUT2D eigenvalue weighted by Gasteiger charge is -2.06. The molecule has 0 atom stereocenters. The summed E-state index contributed by atoms with van der Waals surface area (Å²) < 4.78 is 0. The molecule has 0 saturated carbocycles. The van der Waals surface area contributed by atoms with E-state index in [1.807, 2.05) is 44.4 Å². The van der Waals surface area contributed by atoms with Crippen LogP contribution in [-0.4, -0.2) is 21.5 Å². The number of aromatic nitrogens is 3. The van der Waals surface area contributed by atoms with E-state index in [0.29, 0.717) is 0 Å². The van der Waals surface area contributed by atoms with Crippen molar-refractivity contribution >= 4 is 5.82 Å². The average molecular weight is 228 g/mol. The highest BCUT2D eigenvalue weighted by Crippen LogP contribution is 2.06. The lowest BCUT2D eigenvalue weighted by molar-refractivity contribution is 0.964. The number of pyridine rings is 1. The van der Waals surface area contributed by atoms with E-state index in [0.717, 1.165) is 30.3 Å². The molecule has 0 amide bonds. The van der Waals surface area contributed by atoms with Crippen LogP contribution < -0.4 is 5.32 Å². The Hall–Kier alpha value is -1.97. The van der Waals surface area contributed by atoms with Crippen molar-refractivity contribution in [1.29, 1.82) is 0 Å². The summed E-state index contributed by atoms with van der Waals surface area (Å²) >= 11 is 0. The molecular weight excluding hydrogens is 212 g/mol. The first-order valence-electron chi connectivity index (χ1n) is 5.69. The number of rotatable bonds is 4. The molecular formula is C13H16N4. The molecule has 0 aromatic carbocycles. The molecule has 0 bridgehead atoms. The summed E-state index contributed by atoms with van der Waals surface area (Å²) in [4.78, 5) is 12.6. The van der Waals surface area contributed by atoms with Gasteiger partial charge in [-0.25, -0.2) is 9.97 Å². The molecule has 0 radical (unpaired) electrons. The Morgan fingerprint density at radius 3 is 2.59 bits per heavy atom. The summed E-state index contributed by atoms with van der Waals surface area (Å²) in [6.45, 7) is 4.74. The molecule has 17 heavy (non-hydrogen) atoms. The van der Waals surface area contributed by atoms with Crippen molar-refractivity contribution in [3.63, 3.8) is 0 Å². The molecule has 0 aliphatic heterocycles. The normalized spacial score (nSPS) is 10.2. The first-order chi connectivity index (χ1) is 8.24. The fourth-order valence-electron chi connectivity index (χ4n) is 1.69. The molecule has 4 heteroatoms. The lowest BCUT2D eigenvalue weighted by atomic mass is 10.2. The zero-order valence-electron chi connectivity index (χ0n) is 10.1. The van der Waals surface area contributed by atoms with Crippen molar-refractivity contribution in [2.75, 3.05) is 11.9 Å². The Balaban J connectivity index is 1.90. The average Bonchev–Trinajstić information content (AvgIpc) is 2.29. The number of aryl methyl sites for hydroxylation is 2. The van der Waals surface area contributed by atoms with E-state index >= 15 is 0 Å². The minimum absolute atomic E-state index is 0.802. The second-order valence-electron chi connectivity index (χ2n) is 3.97. The molecule has 2 aromatic rings. The maximum absolute atomic E-state index is 4.33. The molecule has 2 aromatic heterocycles. The Labute approximate surface area is 101 Å². The fourth-order valence-corrected chi connectivity index (χ4v) is 1.69. The summed E-state index contributed by atoms with van der Waals surface area (Å²) in [5, 5.41) is 3.30. The third kappa shape index (κ3) is 3.52. The summed E-state index contributed by atoms with van der Waals surface area (Å²) in [6.07, 6.45) is 4.59. The van der Waals surface area contributed by atoms with Crippen molar-refractivity contribution in [2.24, 2.45) is 0 Å². The molecule has 0 fully saturated rings. The van der Waals surface area contributed by atoms with Gasteiger partial charge >= 0.3 is 0 Å². The van der Waals surface area contributed by atoms with E-state index in [1.165, 1.54) is 5.56 Å². The third-order valence-electron chi connectivity index (χ3n) is 2.44. The van der Waals surface area contributed by atoms with E-state index in [9.17, 15) is 0 Å². The van der Waals surface area contributed by atoms with Gasteiger partial charge in [0.25, 0.3) is 0 Å². The van der Waals surface area contributed by atoms with Gasteiger partial charge in [0.05, 0.1) is 0 Å². The maximum Gasteiger partial charge on any atom is 0.129 e. The van der Waals surface area contributed by atoms with Crippen LogP contribution >= 0.6 is 0 Å².